The minimum absolute atomic E-state index is 0.0883. The van der Waals surface area contributed by atoms with Crippen molar-refractivity contribution in [3.8, 4) is 0 Å². The number of fused-ring (bicyclic) bond motifs is 1. The van der Waals surface area contributed by atoms with E-state index in [0.717, 1.165) is 5.56 Å². The van der Waals surface area contributed by atoms with Crippen LogP contribution in [0.1, 0.15) is 11.4 Å². The molecular formula is C15H10Cl2F3N3. The van der Waals surface area contributed by atoms with Gasteiger partial charge in [-0.2, -0.15) is 13.2 Å². The molecule has 0 saturated carbocycles. The van der Waals surface area contributed by atoms with Crippen molar-refractivity contribution in [1.29, 1.82) is 0 Å². The van der Waals surface area contributed by atoms with E-state index in [1.807, 2.05) is 0 Å². The first-order valence-electron chi connectivity index (χ1n) is 6.63. The Balaban J connectivity index is 2.14. The summed E-state index contributed by atoms with van der Waals surface area (Å²) in [5.74, 6) is -0.0883. The molecule has 0 aliphatic carbocycles. The van der Waals surface area contributed by atoms with Crippen LogP contribution in [0, 0.1) is 0 Å². The van der Waals surface area contributed by atoms with Crippen LogP contribution in [0.15, 0.2) is 36.7 Å². The van der Waals surface area contributed by atoms with Gasteiger partial charge in [0, 0.05) is 12.4 Å². The molecule has 0 spiro atoms. The minimum atomic E-state index is -4.36. The summed E-state index contributed by atoms with van der Waals surface area (Å²) >= 11 is 11.9. The molecule has 0 bridgehead atoms. The average Bonchev–Trinajstić information content (AvgIpc) is 2.76. The van der Waals surface area contributed by atoms with Crippen molar-refractivity contribution in [1.82, 2.24) is 14.5 Å². The third-order valence-corrected chi connectivity index (χ3v) is 4.01. The Labute approximate surface area is 139 Å². The minimum Gasteiger partial charge on any atom is -0.323 e. The SMILES string of the molecule is FC(F)(F)Cc1nc2cc(Cl)c(Cl)cc2n1Cc1cccnc1. The number of alkyl halides is 3. The van der Waals surface area contributed by atoms with Gasteiger partial charge in [0.05, 0.1) is 27.6 Å². The zero-order valence-corrected chi connectivity index (χ0v) is 13.1. The molecule has 2 aromatic heterocycles. The molecule has 0 N–H and O–H groups in total. The van der Waals surface area contributed by atoms with Crippen LogP contribution < -0.4 is 0 Å². The predicted octanol–water partition coefficient (Wildman–Crippen LogP) is 4.89. The molecule has 0 unspecified atom stereocenters. The van der Waals surface area contributed by atoms with Gasteiger partial charge in [-0.15, -0.1) is 0 Å². The van der Waals surface area contributed by atoms with Crippen LogP contribution in [0.4, 0.5) is 13.2 Å². The van der Waals surface area contributed by atoms with Crippen LogP contribution in [0.5, 0.6) is 0 Å². The van der Waals surface area contributed by atoms with Gasteiger partial charge >= 0.3 is 6.18 Å². The summed E-state index contributed by atoms with van der Waals surface area (Å²) < 4.78 is 40.0. The lowest BCUT2D eigenvalue weighted by atomic mass is 10.2. The Kier molecular flexibility index (Phi) is 4.21. The molecule has 3 rings (SSSR count). The maximum atomic E-state index is 12.8. The maximum absolute atomic E-state index is 12.8. The van der Waals surface area contributed by atoms with Gasteiger partial charge in [-0.1, -0.05) is 29.3 Å². The number of benzene rings is 1. The highest BCUT2D eigenvalue weighted by atomic mass is 35.5. The Bertz CT molecular complexity index is 845. The fourth-order valence-corrected chi connectivity index (χ4v) is 2.65. The molecule has 0 atom stereocenters. The molecular weight excluding hydrogens is 350 g/mol. The fraction of sp³-hybridized carbons (Fsp3) is 0.200. The molecule has 23 heavy (non-hydrogen) atoms. The summed E-state index contributed by atoms with van der Waals surface area (Å²) in [6.45, 7) is 0.216. The number of aromatic nitrogens is 3. The molecule has 0 saturated heterocycles. The van der Waals surface area contributed by atoms with E-state index in [-0.39, 0.29) is 22.4 Å². The van der Waals surface area contributed by atoms with Crippen molar-refractivity contribution in [3.05, 3.63) is 58.1 Å². The number of hydrogen-bond donors (Lipinski definition) is 0. The molecule has 3 aromatic rings. The van der Waals surface area contributed by atoms with E-state index in [9.17, 15) is 13.2 Å². The smallest absolute Gasteiger partial charge is 0.323 e. The number of rotatable bonds is 3. The monoisotopic (exact) mass is 359 g/mol. The number of halogens is 5. The summed E-state index contributed by atoms with van der Waals surface area (Å²) in [6, 6.07) is 6.51. The van der Waals surface area contributed by atoms with Crippen LogP contribution >= 0.6 is 23.2 Å². The molecule has 1 aromatic carbocycles. The van der Waals surface area contributed by atoms with Gasteiger partial charge in [-0.25, -0.2) is 4.98 Å². The van der Waals surface area contributed by atoms with Gasteiger partial charge in [0.25, 0.3) is 0 Å². The summed E-state index contributed by atoms with van der Waals surface area (Å²) in [5.41, 5.74) is 1.64. The van der Waals surface area contributed by atoms with Gasteiger partial charge in [-0.3, -0.25) is 4.98 Å². The molecule has 0 fully saturated rings. The zero-order chi connectivity index (χ0) is 16.6. The van der Waals surface area contributed by atoms with E-state index in [1.165, 1.54) is 16.7 Å². The lowest BCUT2D eigenvalue weighted by Crippen LogP contribution is -2.16. The topological polar surface area (TPSA) is 30.7 Å². The van der Waals surface area contributed by atoms with E-state index in [0.29, 0.717) is 11.0 Å². The van der Waals surface area contributed by atoms with Crippen LogP contribution in [0.25, 0.3) is 11.0 Å². The highest BCUT2D eigenvalue weighted by Gasteiger charge is 2.31. The van der Waals surface area contributed by atoms with Crippen molar-refractivity contribution in [2.75, 3.05) is 0 Å². The van der Waals surface area contributed by atoms with Crippen LogP contribution in [0.3, 0.4) is 0 Å². The number of nitrogens with zero attached hydrogens (tertiary/aromatic N) is 3. The maximum Gasteiger partial charge on any atom is 0.396 e. The van der Waals surface area contributed by atoms with Gasteiger partial charge in [0.2, 0.25) is 0 Å². The zero-order valence-electron chi connectivity index (χ0n) is 11.6. The molecule has 3 nitrogen and oxygen atoms in total. The quantitative estimate of drug-likeness (QED) is 0.666. The van der Waals surface area contributed by atoms with E-state index < -0.39 is 12.6 Å². The molecule has 0 amide bonds. The molecule has 0 aliphatic rings. The van der Waals surface area contributed by atoms with Gasteiger partial charge < -0.3 is 4.57 Å². The standard InChI is InChI=1S/C15H10Cl2F3N3/c16-10-4-12-13(5-11(10)17)23(8-9-2-1-3-21-7-9)14(22-12)6-15(18,19)20/h1-5,7H,6,8H2. The van der Waals surface area contributed by atoms with Crippen molar-refractivity contribution in [2.45, 2.75) is 19.1 Å². The molecule has 120 valence electrons. The van der Waals surface area contributed by atoms with Crippen LogP contribution in [-0.4, -0.2) is 20.7 Å². The Morgan fingerprint density at radius 2 is 1.87 bits per heavy atom. The first-order valence-corrected chi connectivity index (χ1v) is 7.39. The molecule has 8 heteroatoms. The summed E-state index contributed by atoms with van der Waals surface area (Å²) in [7, 11) is 0. The Morgan fingerprint density at radius 3 is 2.52 bits per heavy atom. The number of imidazole rings is 1. The second-order valence-electron chi connectivity index (χ2n) is 5.02. The lowest BCUT2D eigenvalue weighted by molar-refractivity contribution is -0.128. The van der Waals surface area contributed by atoms with Crippen LogP contribution in [-0.2, 0) is 13.0 Å². The first-order chi connectivity index (χ1) is 10.8. The molecule has 2 heterocycles. The second-order valence-corrected chi connectivity index (χ2v) is 5.84. The van der Waals surface area contributed by atoms with Gasteiger partial charge in [-0.05, 0) is 23.8 Å². The summed E-state index contributed by atoms with van der Waals surface area (Å²) in [5, 5.41) is 0.522. The highest BCUT2D eigenvalue weighted by Crippen LogP contribution is 2.30. The van der Waals surface area contributed by atoms with Crippen molar-refractivity contribution < 1.29 is 13.2 Å². The van der Waals surface area contributed by atoms with Crippen molar-refractivity contribution >= 4 is 34.2 Å². The normalized spacial score (nSPS) is 12.0. The van der Waals surface area contributed by atoms with Crippen LogP contribution in [0.2, 0.25) is 10.0 Å². The number of pyridine rings is 1. The summed E-state index contributed by atoms with van der Waals surface area (Å²) in [6.07, 6.45) is -2.29. The molecule has 0 radical (unpaired) electrons. The van der Waals surface area contributed by atoms with Gasteiger partial charge in [0.1, 0.15) is 12.2 Å². The van der Waals surface area contributed by atoms with Crippen molar-refractivity contribution in [2.24, 2.45) is 0 Å². The number of hydrogen-bond acceptors (Lipinski definition) is 2. The summed E-state index contributed by atoms with van der Waals surface area (Å²) in [4.78, 5) is 8.05. The van der Waals surface area contributed by atoms with Gasteiger partial charge in [0.15, 0.2) is 0 Å². The Morgan fingerprint density at radius 1 is 1.13 bits per heavy atom. The van der Waals surface area contributed by atoms with E-state index in [1.54, 1.807) is 24.5 Å². The highest BCUT2D eigenvalue weighted by molar-refractivity contribution is 6.42. The third-order valence-electron chi connectivity index (χ3n) is 3.29. The molecule has 0 aliphatic heterocycles. The Hall–Kier alpha value is -1.79. The third kappa shape index (κ3) is 3.59. The largest absolute Gasteiger partial charge is 0.396 e. The van der Waals surface area contributed by atoms with Crippen molar-refractivity contribution in [3.63, 3.8) is 0 Å². The second kappa shape index (κ2) is 6.02. The fourth-order valence-electron chi connectivity index (χ4n) is 2.33. The van der Waals surface area contributed by atoms with E-state index in [2.05, 4.69) is 9.97 Å². The predicted molar refractivity (Wildman–Crippen MR) is 82.9 cm³/mol. The van der Waals surface area contributed by atoms with E-state index in [4.69, 9.17) is 23.2 Å². The van der Waals surface area contributed by atoms with E-state index >= 15 is 0 Å². The lowest BCUT2D eigenvalue weighted by Gasteiger charge is -2.11. The first kappa shape index (κ1) is 16.1. The average molecular weight is 360 g/mol.